The van der Waals surface area contributed by atoms with Gasteiger partial charge in [-0.2, -0.15) is 0 Å². The highest BCUT2D eigenvalue weighted by Crippen LogP contribution is 2.44. The van der Waals surface area contributed by atoms with E-state index in [1.807, 2.05) is 43.3 Å². The summed E-state index contributed by atoms with van der Waals surface area (Å²) in [6, 6.07) is 17.1. The number of ether oxygens (including phenoxy) is 2. The summed E-state index contributed by atoms with van der Waals surface area (Å²) in [5.41, 5.74) is 7.77. The number of rotatable bonds is 12. The molecular formula is C25H29N6O5P. The van der Waals surface area contributed by atoms with Crippen molar-refractivity contribution >= 4 is 30.5 Å². The van der Waals surface area contributed by atoms with E-state index in [4.69, 9.17) is 19.7 Å². The number of nitrogens with two attached hydrogens (primary N) is 1. The van der Waals surface area contributed by atoms with Crippen LogP contribution in [0.25, 0.3) is 11.2 Å². The number of aromatic nitrogens is 4. The predicted molar refractivity (Wildman–Crippen MR) is 139 cm³/mol. The molecule has 3 unspecified atom stereocenters. The molecule has 2 heterocycles. The molecule has 194 valence electrons. The zero-order valence-corrected chi connectivity index (χ0v) is 21.5. The number of nitrogen functional groups attached to an aromatic ring is 1. The Morgan fingerprint density at radius 3 is 2.49 bits per heavy atom. The number of nitrogens with zero attached hydrogens (tertiary/aromatic N) is 4. The Bertz CT molecular complexity index is 1370. The number of carbonyl (C=O) groups excluding carboxylic acids is 1. The third-order valence-electron chi connectivity index (χ3n) is 5.38. The molecule has 0 bridgehead atoms. The van der Waals surface area contributed by atoms with Crippen molar-refractivity contribution in [3.63, 3.8) is 0 Å². The van der Waals surface area contributed by atoms with E-state index >= 15 is 0 Å². The van der Waals surface area contributed by atoms with Crippen LogP contribution in [0.1, 0.15) is 19.4 Å². The van der Waals surface area contributed by atoms with Gasteiger partial charge in [-0.25, -0.2) is 20.0 Å². The Morgan fingerprint density at radius 2 is 1.76 bits per heavy atom. The maximum Gasteiger partial charge on any atom is 0.342 e. The van der Waals surface area contributed by atoms with Crippen LogP contribution < -0.4 is 15.3 Å². The summed E-state index contributed by atoms with van der Waals surface area (Å²) in [4.78, 5) is 25.0. The number of carbonyl (C=O) groups is 1. The van der Waals surface area contributed by atoms with Crippen LogP contribution in [-0.4, -0.2) is 44.0 Å². The fourth-order valence-electron chi connectivity index (χ4n) is 3.53. The maximum absolute atomic E-state index is 13.8. The number of para-hydroxylation sites is 1. The first-order chi connectivity index (χ1) is 17.8. The normalized spacial score (nSPS) is 14.5. The Labute approximate surface area is 214 Å². The third-order valence-corrected chi connectivity index (χ3v) is 7.15. The number of hydrogen-bond donors (Lipinski definition) is 2. The summed E-state index contributed by atoms with van der Waals surface area (Å²) < 4.78 is 32.7. The first-order valence-electron chi connectivity index (χ1n) is 11.7. The molecule has 0 aliphatic rings. The highest BCUT2D eigenvalue weighted by Gasteiger charge is 2.31. The van der Waals surface area contributed by atoms with Crippen LogP contribution in [0, 0.1) is 0 Å². The molecule has 12 heteroatoms. The summed E-state index contributed by atoms with van der Waals surface area (Å²) in [5, 5.41) is 2.81. The summed E-state index contributed by atoms with van der Waals surface area (Å²) in [7, 11) is -3.69. The first kappa shape index (κ1) is 26.3. The zero-order valence-electron chi connectivity index (χ0n) is 20.6. The minimum atomic E-state index is -3.69. The third kappa shape index (κ3) is 7.13. The number of imidazole rings is 1. The second kappa shape index (κ2) is 12.0. The molecule has 4 rings (SSSR count). The average molecular weight is 525 g/mol. The van der Waals surface area contributed by atoms with Crippen LogP contribution in [0.4, 0.5) is 5.82 Å². The van der Waals surface area contributed by atoms with Crippen molar-refractivity contribution in [2.24, 2.45) is 0 Å². The number of nitrogens with one attached hydrogen (secondary N) is 1. The molecule has 3 N–H and O–H groups in total. The molecule has 0 amide bonds. The first-order valence-corrected chi connectivity index (χ1v) is 13.5. The van der Waals surface area contributed by atoms with Crippen molar-refractivity contribution < 1.29 is 23.4 Å². The van der Waals surface area contributed by atoms with Gasteiger partial charge >= 0.3 is 13.5 Å². The fourth-order valence-corrected chi connectivity index (χ4v) is 5.32. The molecule has 0 fully saturated rings. The fraction of sp³-hybridized carbons (Fsp3) is 0.280. The van der Waals surface area contributed by atoms with Crippen molar-refractivity contribution in [2.45, 2.75) is 39.1 Å². The number of fused-ring (bicyclic) bond motifs is 1. The minimum absolute atomic E-state index is 0.107. The lowest BCUT2D eigenvalue weighted by Gasteiger charge is -2.25. The summed E-state index contributed by atoms with van der Waals surface area (Å²) in [6.45, 7) is 3.86. The lowest BCUT2D eigenvalue weighted by molar-refractivity contribution is -0.146. The lowest BCUT2D eigenvalue weighted by Crippen LogP contribution is -2.36. The van der Waals surface area contributed by atoms with Crippen molar-refractivity contribution in [3.05, 3.63) is 78.9 Å². The van der Waals surface area contributed by atoms with E-state index in [-0.39, 0.29) is 18.8 Å². The molecule has 11 nitrogen and oxygen atoms in total. The molecule has 0 spiro atoms. The molecule has 2 aromatic heterocycles. The smallest absolute Gasteiger partial charge is 0.342 e. The molecule has 2 aromatic carbocycles. The number of benzene rings is 2. The highest BCUT2D eigenvalue weighted by molar-refractivity contribution is 7.57. The van der Waals surface area contributed by atoms with E-state index in [9.17, 15) is 9.36 Å². The Balaban J connectivity index is 1.41. The van der Waals surface area contributed by atoms with Crippen LogP contribution in [-0.2, 0) is 32.0 Å². The van der Waals surface area contributed by atoms with E-state index in [0.29, 0.717) is 23.5 Å². The van der Waals surface area contributed by atoms with Gasteiger partial charge in [-0.1, -0.05) is 48.5 Å². The summed E-state index contributed by atoms with van der Waals surface area (Å²) >= 11 is 0. The number of hydrogen-bond acceptors (Lipinski definition) is 9. The van der Waals surface area contributed by atoms with E-state index in [2.05, 4.69) is 20.0 Å². The second-order valence-corrected chi connectivity index (χ2v) is 10.5. The molecule has 37 heavy (non-hydrogen) atoms. The molecule has 0 aliphatic carbocycles. The van der Waals surface area contributed by atoms with Crippen molar-refractivity contribution in [1.82, 2.24) is 24.6 Å². The van der Waals surface area contributed by atoms with Crippen LogP contribution in [0.2, 0.25) is 0 Å². The molecule has 4 aromatic rings. The largest absolute Gasteiger partial charge is 0.460 e. The van der Waals surface area contributed by atoms with E-state index in [1.54, 1.807) is 42.1 Å². The van der Waals surface area contributed by atoms with Crippen molar-refractivity contribution in [3.8, 4) is 5.75 Å². The van der Waals surface area contributed by atoms with Crippen LogP contribution in [0.5, 0.6) is 5.75 Å². The van der Waals surface area contributed by atoms with E-state index in [0.717, 1.165) is 5.56 Å². The maximum atomic E-state index is 13.8. The molecule has 0 aliphatic heterocycles. The number of esters is 1. The van der Waals surface area contributed by atoms with Gasteiger partial charge in [0, 0.05) is 0 Å². The minimum Gasteiger partial charge on any atom is -0.460 e. The Morgan fingerprint density at radius 1 is 1.05 bits per heavy atom. The predicted octanol–water partition coefficient (Wildman–Crippen LogP) is 3.76. The van der Waals surface area contributed by atoms with Gasteiger partial charge in [0.05, 0.1) is 19.0 Å². The number of anilines is 1. The van der Waals surface area contributed by atoms with Crippen LogP contribution >= 0.6 is 7.52 Å². The lowest BCUT2D eigenvalue weighted by atomic mass is 10.2. The van der Waals surface area contributed by atoms with E-state index < -0.39 is 25.6 Å². The van der Waals surface area contributed by atoms with Crippen LogP contribution in [0.3, 0.4) is 0 Å². The van der Waals surface area contributed by atoms with Gasteiger partial charge in [0.25, 0.3) is 0 Å². The SMILES string of the molecule is CC(Cn1cnc2c(N)ncnc21)OCP(=O)(NC(C)C(=O)OCc1ccccc1)Oc1ccccc1. The quantitative estimate of drug-likeness (QED) is 0.208. The van der Waals surface area contributed by atoms with Gasteiger partial charge in [-0.15, -0.1) is 0 Å². The standard InChI is InChI=1S/C25H29N6O5P/c1-18(13-31-16-29-22-23(26)27-15-28-24(22)31)35-17-37(33,36-21-11-7-4-8-12-21)30-19(2)25(32)34-14-20-9-5-3-6-10-20/h3-12,15-16,18-19H,13-14,17H2,1-2H3,(H,30,33)(H2,26,27,28). The van der Waals surface area contributed by atoms with Gasteiger partial charge < -0.3 is 24.3 Å². The molecule has 3 atom stereocenters. The van der Waals surface area contributed by atoms with Crippen molar-refractivity contribution in [2.75, 3.05) is 12.1 Å². The summed E-state index contributed by atoms with van der Waals surface area (Å²) in [5.74, 6) is 0.110. The van der Waals surface area contributed by atoms with Gasteiger partial charge in [-0.3, -0.25) is 9.36 Å². The molecule has 0 radical (unpaired) electrons. The van der Waals surface area contributed by atoms with Gasteiger partial charge in [0.2, 0.25) is 0 Å². The molecule has 0 saturated carbocycles. The van der Waals surface area contributed by atoms with Crippen molar-refractivity contribution in [1.29, 1.82) is 0 Å². The molecule has 0 saturated heterocycles. The monoisotopic (exact) mass is 524 g/mol. The highest BCUT2D eigenvalue weighted by atomic mass is 31.2. The molecular weight excluding hydrogens is 495 g/mol. The zero-order chi connectivity index (χ0) is 26.3. The van der Waals surface area contributed by atoms with E-state index in [1.165, 1.54) is 6.33 Å². The van der Waals surface area contributed by atoms with Gasteiger partial charge in [0.15, 0.2) is 11.5 Å². The Hall–Kier alpha value is -3.79. The second-order valence-electron chi connectivity index (χ2n) is 8.46. The van der Waals surface area contributed by atoms with Crippen LogP contribution in [0.15, 0.2) is 73.3 Å². The topological polar surface area (TPSA) is 143 Å². The average Bonchev–Trinajstić information content (AvgIpc) is 3.31. The van der Waals surface area contributed by atoms with Gasteiger partial charge in [-0.05, 0) is 31.5 Å². The summed E-state index contributed by atoms with van der Waals surface area (Å²) in [6.07, 6.45) is 2.27. The van der Waals surface area contributed by atoms with Gasteiger partial charge in [0.1, 0.15) is 36.6 Å². The Kier molecular flexibility index (Phi) is 8.50.